The Bertz CT molecular complexity index is 441. The van der Waals surface area contributed by atoms with Crippen molar-refractivity contribution in [2.45, 2.75) is 39.5 Å². The lowest BCUT2D eigenvalue weighted by Crippen LogP contribution is -2.38. The van der Waals surface area contributed by atoms with Crippen molar-refractivity contribution in [1.82, 2.24) is 10.6 Å². The van der Waals surface area contributed by atoms with E-state index in [0.717, 1.165) is 25.5 Å². The second kappa shape index (κ2) is 7.88. The van der Waals surface area contributed by atoms with Crippen molar-refractivity contribution < 1.29 is 4.39 Å². The number of nitrogens with zero attached hydrogens (tertiary/aromatic N) is 1. The Morgan fingerprint density at radius 3 is 2.50 bits per heavy atom. The van der Waals surface area contributed by atoms with E-state index < -0.39 is 0 Å². The first kappa shape index (κ1) is 16.5. The Hall–Kier alpha value is -1.58. The average Bonchev–Trinajstić information content (AvgIpc) is 2.42. The molecule has 0 unspecified atom stereocenters. The number of guanidine groups is 1. The molecule has 2 N–H and O–H groups in total. The summed E-state index contributed by atoms with van der Waals surface area (Å²) in [6.07, 6.45) is 1.04. The third kappa shape index (κ3) is 4.83. The first-order valence-corrected chi connectivity index (χ1v) is 7.28. The summed E-state index contributed by atoms with van der Waals surface area (Å²) in [5.41, 5.74) is 0.370. The van der Waals surface area contributed by atoms with Gasteiger partial charge in [-0.3, -0.25) is 4.99 Å². The highest BCUT2D eigenvalue weighted by Gasteiger charge is 2.23. The molecule has 4 heteroatoms. The Kier molecular flexibility index (Phi) is 6.49. The molecule has 0 heterocycles. The molecule has 0 saturated carbocycles. The highest BCUT2D eigenvalue weighted by Crippen LogP contribution is 2.25. The van der Waals surface area contributed by atoms with Gasteiger partial charge >= 0.3 is 0 Å². The normalized spacial score (nSPS) is 12.3. The summed E-state index contributed by atoms with van der Waals surface area (Å²) >= 11 is 0. The summed E-state index contributed by atoms with van der Waals surface area (Å²) in [6, 6.07) is 6.91. The predicted octanol–water partition coefficient (Wildman–Crippen LogP) is 3.07. The summed E-state index contributed by atoms with van der Waals surface area (Å²) in [5.74, 6) is 0.623. The summed E-state index contributed by atoms with van der Waals surface area (Å²) in [6.45, 7) is 10.4. The van der Waals surface area contributed by atoms with E-state index in [-0.39, 0.29) is 11.2 Å². The zero-order chi connectivity index (χ0) is 15.0. The second-order valence-corrected chi connectivity index (χ2v) is 5.49. The molecule has 112 valence electrons. The zero-order valence-electron chi connectivity index (χ0n) is 13.0. The fourth-order valence-electron chi connectivity index (χ4n) is 1.96. The van der Waals surface area contributed by atoms with Gasteiger partial charge in [0.05, 0.1) is 6.54 Å². The minimum Gasteiger partial charge on any atom is -0.357 e. The van der Waals surface area contributed by atoms with Crippen LogP contribution in [0.15, 0.2) is 29.3 Å². The van der Waals surface area contributed by atoms with Crippen LogP contribution in [0.25, 0.3) is 0 Å². The average molecular weight is 279 g/mol. The maximum atomic E-state index is 13.9. The van der Waals surface area contributed by atoms with Crippen LogP contribution in [0.4, 0.5) is 4.39 Å². The van der Waals surface area contributed by atoms with E-state index in [4.69, 9.17) is 0 Å². The number of hydrogen-bond donors (Lipinski definition) is 2. The maximum absolute atomic E-state index is 13.9. The van der Waals surface area contributed by atoms with Crippen molar-refractivity contribution in [3.8, 4) is 0 Å². The lowest BCUT2D eigenvalue weighted by molar-refractivity contribution is 0.492. The standard InChI is InChI=1S/C16H26FN3/c1-5-11-19-15(18-6-2)20-12-16(3,4)13-9-7-8-10-14(13)17/h7-10H,5-6,11-12H2,1-4H3,(H2,18,19,20). The van der Waals surface area contributed by atoms with Gasteiger partial charge in [0.25, 0.3) is 0 Å². The van der Waals surface area contributed by atoms with E-state index in [1.54, 1.807) is 6.07 Å². The molecular formula is C16H26FN3. The van der Waals surface area contributed by atoms with E-state index in [0.29, 0.717) is 12.1 Å². The number of rotatable bonds is 6. The summed E-state index contributed by atoms with van der Waals surface area (Å²) in [4.78, 5) is 4.57. The van der Waals surface area contributed by atoms with Crippen LogP contribution in [-0.2, 0) is 5.41 Å². The van der Waals surface area contributed by atoms with Crippen LogP contribution in [0.2, 0.25) is 0 Å². The molecule has 0 bridgehead atoms. The fourth-order valence-corrected chi connectivity index (χ4v) is 1.96. The molecule has 0 aliphatic rings. The molecular weight excluding hydrogens is 253 g/mol. The first-order chi connectivity index (χ1) is 9.51. The van der Waals surface area contributed by atoms with E-state index in [1.165, 1.54) is 6.07 Å². The van der Waals surface area contributed by atoms with E-state index in [2.05, 4.69) is 22.5 Å². The Balaban J connectivity index is 2.80. The zero-order valence-corrected chi connectivity index (χ0v) is 13.0. The fraction of sp³-hybridized carbons (Fsp3) is 0.562. The molecule has 0 amide bonds. The molecule has 0 aromatic heterocycles. The number of aliphatic imine (C=N–C) groups is 1. The highest BCUT2D eigenvalue weighted by atomic mass is 19.1. The topological polar surface area (TPSA) is 36.4 Å². The highest BCUT2D eigenvalue weighted by molar-refractivity contribution is 5.79. The summed E-state index contributed by atoms with van der Waals surface area (Å²) in [7, 11) is 0. The molecule has 0 aliphatic carbocycles. The van der Waals surface area contributed by atoms with Gasteiger partial charge in [0.1, 0.15) is 5.82 Å². The Morgan fingerprint density at radius 2 is 1.90 bits per heavy atom. The third-order valence-corrected chi connectivity index (χ3v) is 3.12. The van der Waals surface area contributed by atoms with Gasteiger partial charge < -0.3 is 10.6 Å². The SMILES string of the molecule is CCCNC(=NCC(C)(C)c1ccccc1F)NCC. The largest absolute Gasteiger partial charge is 0.357 e. The van der Waals surface area contributed by atoms with Gasteiger partial charge in [-0.2, -0.15) is 0 Å². The Labute approximate surface area is 121 Å². The van der Waals surface area contributed by atoms with E-state index in [9.17, 15) is 4.39 Å². The predicted molar refractivity (Wildman–Crippen MR) is 83.7 cm³/mol. The number of halogens is 1. The minimum atomic E-state index is -0.333. The Morgan fingerprint density at radius 1 is 1.20 bits per heavy atom. The van der Waals surface area contributed by atoms with Crippen LogP contribution >= 0.6 is 0 Å². The van der Waals surface area contributed by atoms with Crippen LogP contribution in [0, 0.1) is 5.82 Å². The van der Waals surface area contributed by atoms with Gasteiger partial charge in [0.15, 0.2) is 5.96 Å². The second-order valence-electron chi connectivity index (χ2n) is 5.49. The van der Waals surface area contributed by atoms with Crippen LogP contribution in [0.5, 0.6) is 0 Å². The number of nitrogens with one attached hydrogen (secondary N) is 2. The lowest BCUT2D eigenvalue weighted by atomic mass is 9.84. The lowest BCUT2D eigenvalue weighted by Gasteiger charge is -2.24. The van der Waals surface area contributed by atoms with Crippen molar-refractivity contribution in [3.05, 3.63) is 35.6 Å². The molecule has 1 aromatic rings. The molecule has 20 heavy (non-hydrogen) atoms. The van der Waals surface area contributed by atoms with E-state index >= 15 is 0 Å². The molecule has 0 saturated heterocycles. The molecule has 1 rings (SSSR count). The third-order valence-electron chi connectivity index (χ3n) is 3.12. The van der Waals surface area contributed by atoms with Gasteiger partial charge in [0, 0.05) is 18.5 Å². The van der Waals surface area contributed by atoms with Crippen molar-refractivity contribution in [2.75, 3.05) is 19.6 Å². The van der Waals surface area contributed by atoms with Gasteiger partial charge in [-0.15, -0.1) is 0 Å². The van der Waals surface area contributed by atoms with Gasteiger partial charge in [0.2, 0.25) is 0 Å². The summed E-state index contributed by atoms with van der Waals surface area (Å²) in [5, 5.41) is 6.46. The minimum absolute atomic E-state index is 0.167. The van der Waals surface area contributed by atoms with Crippen LogP contribution < -0.4 is 10.6 Å². The quantitative estimate of drug-likeness (QED) is 0.620. The van der Waals surface area contributed by atoms with Crippen LogP contribution in [0.3, 0.4) is 0 Å². The summed E-state index contributed by atoms with van der Waals surface area (Å²) < 4.78 is 13.9. The van der Waals surface area contributed by atoms with Crippen molar-refractivity contribution in [1.29, 1.82) is 0 Å². The van der Waals surface area contributed by atoms with Crippen LogP contribution in [-0.4, -0.2) is 25.6 Å². The molecule has 0 radical (unpaired) electrons. The van der Waals surface area contributed by atoms with Crippen molar-refractivity contribution in [3.63, 3.8) is 0 Å². The maximum Gasteiger partial charge on any atom is 0.191 e. The van der Waals surface area contributed by atoms with Gasteiger partial charge in [-0.1, -0.05) is 39.0 Å². The molecule has 0 atom stereocenters. The van der Waals surface area contributed by atoms with Crippen molar-refractivity contribution >= 4 is 5.96 Å². The molecule has 0 aliphatic heterocycles. The molecule has 3 nitrogen and oxygen atoms in total. The van der Waals surface area contributed by atoms with Gasteiger partial charge in [-0.05, 0) is 25.0 Å². The van der Waals surface area contributed by atoms with Gasteiger partial charge in [-0.25, -0.2) is 4.39 Å². The molecule has 0 fully saturated rings. The number of hydrogen-bond acceptors (Lipinski definition) is 1. The molecule has 0 spiro atoms. The smallest absolute Gasteiger partial charge is 0.191 e. The first-order valence-electron chi connectivity index (χ1n) is 7.28. The van der Waals surface area contributed by atoms with E-state index in [1.807, 2.05) is 32.9 Å². The molecule has 1 aromatic carbocycles. The monoisotopic (exact) mass is 279 g/mol. The number of benzene rings is 1. The van der Waals surface area contributed by atoms with Crippen molar-refractivity contribution in [2.24, 2.45) is 4.99 Å². The van der Waals surface area contributed by atoms with Crippen LogP contribution in [0.1, 0.15) is 39.7 Å².